The Morgan fingerprint density at radius 1 is 1.28 bits per heavy atom. The molecule has 0 unspecified atom stereocenters. The first-order valence-corrected chi connectivity index (χ1v) is 6.02. The third-order valence-corrected chi connectivity index (χ3v) is 3.12. The van der Waals surface area contributed by atoms with Gasteiger partial charge in [0.15, 0.2) is 10.4 Å². The molecule has 0 saturated heterocycles. The molecule has 1 aromatic carbocycles. The minimum atomic E-state index is -0.428. The van der Waals surface area contributed by atoms with Crippen LogP contribution < -0.4 is 0 Å². The van der Waals surface area contributed by atoms with Crippen molar-refractivity contribution in [3.05, 3.63) is 58.3 Å². The Morgan fingerprint density at radius 2 is 2.11 bits per heavy atom. The van der Waals surface area contributed by atoms with Crippen molar-refractivity contribution in [2.24, 2.45) is 0 Å². The predicted octanol–water partition coefficient (Wildman–Crippen LogP) is 3.89. The normalized spacial score (nSPS) is 11.0. The maximum Gasteiger partial charge on any atom is 0.230 e. The largest absolute Gasteiger partial charge is 0.446 e. The molecule has 1 N–H and O–H groups in total. The lowest BCUT2D eigenvalue weighted by Gasteiger charge is -1.97. The van der Waals surface area contributed by atoms with Gasteiger partial charge in [-0.05, 0) is 40.2 Å². The topological polar surface area (TPSA) is 46.0 Å². The van der Waals surface area contributed by atoms with Gasteiger partial charge in [-0.2, -0.15) is 0 Å². The quantitative estimate of drug-likeness (QED) is 0.730. The van der Waals surface area contributed by atoms with Crippen LogP contribution in [0.4, 0.5) is 4.39 Å². The summed E-state index contributed by atoms with van der Waals surface area (Å²) in [6.45, 7) is 0. The van der Waals surface area contributed by atoms with Crippen LogP contribution in [0.15, 0.2) is 45.6 Å². The van der Waals surface area contributed by atoms with E-state index in [4.69, 9.17) is 4.42 Å². The summed E-state index contributed by atoms with van der Waals surface area (Å²) in [6.07, 6.45) is 1.49. The number of H-pyrrole nitrogens is 1. The Hall–Kier alpha value is -1.88. The van der Waals surface area contributed by atoms with Gasteiger partial charge in [0.05, 0.1) is 5.56 Å². The van der Waals surface area contributed by atoms with Crippen molar-refractivity contribution in [3.8, 4) is 0 Å². The number of hydrogen-bond donors (Lipinski definition) is 1. The first-order valence-electron chi connectivity index (χ1n) is 5.22. The van der Waals surface area contributed by atoms with E-state index in [1.165, 1.54) is 12.3 Å². The van der Waals surface area contributed by atoms with E-state index in [2.05, 4.69) is 20.9 Å². The van der Waals surface area contributed by atoms with Crippen molar-refractivity contribution in [2.45, 2.75) is 0 Å². The number of rotatable bonds is 2. The third kappa shape index (κ3) is 1.67. The van der Waals surface area contributed by atoms with Crippen LogP contribution in [0.25, 0.3) is 10.9 Å². The van der Waals surface area contributed by atoms with Crippen LogP contribution in [0.3, 0.4) is 0 Å². The minimum Gasteiger partial charge on any atom is -0.446 e. The van der Waals surface area contributed by atoms with Gasteiger partial charge in [-0.15, -0.1) is 0 Å². The van der Waals surface area contributed by atoms with E-state index in [0.717, 1.165) is 0 Å². The number of halogens is 2. The van der Waals surface area contributed by atoms with Crippen LogP contribution >= 0.6 is 15.9 Å². The highest BCUT2D eigenvalue weighted by Gasteiger charge is 2.19. The van der Waals surface area contributed by atoms with E-state index in [1.54, 1.807) is 24.3 Å². The maximum atomic E-state index is 13.7. The Morgan fingerprint density at radius 3 is 2.83 bits per heavy atom. The van der Waals surface area contributed by atoms with E-state index in [-0.39, 0.29) is 22.5 Å². The van der Waals surface area contributed by atoms with Gasteiger partial charge < -0.3 is 9.40 Å². The molecule has 3 nitrogen and oxygen atoms in total. The average Bonchev–Trinajstić information content (AvgIpc) is 2.95. The molecule has 0 saturated carbocycles. The van der Waals surface area contributed by atoms with Gasteiger partial charge in [-0.25, -0.2) is 4.39 Å². The van der Waals surface area contributed by atoms with Gasteiger partial charge in [0, 0.05) is 17.1 Å². The number of furan rings is 1. The van der Waals surface area contributed by atoms with Crippen molar-refractivity contribution in [2.75, 3.05) is 0 Å². The molecule has 0 aliphatic carbocycles. The number of fused-ring (bicyclic) bond motifs is 1. The monoisotopic (exact) mass is 307 g/mol. The zero-order chi connectivity index (χ0) is 12.7. The second-order valence-electron chi connectivity index (χ2n) is 3.80. The number of nitrogens with one attached hydrogen (secondary N) is 1. The van der Waals surface area contributed by atoms with E-state index in [1.807, 2.05) is 0 Å². The van der Waals surface area contributed by atoms with E-state index < -0.39 is 5.82 Å². The number of aromatic nitrogens is 1. The fourth-order valence-corrected chi connectivity index (χ4v) is 2.19. The predicted molar refractivity (Wildman–Crippen MR) is 68.1 cm³/mol. The summed E-state index contributed by atoms with van der Waals surface area (Å²) in [5.41, 5.74) is 0.855. The molecule has 2 heterocycles. The van der Waals surface area contributed by atoms with Crippen molar-refractivity contribution in [1.82, 2.24) is 4.98 Å². The van der Waals surface area contributed by atoms with Crippen LogP contribution in [0.2, 0.25) is 0 Å². The minimum absolute atomic E-state index is 0.172. The van der Waals surface area contributed by atoms with Gasteiger partial charge in [-0.3, -0.25) is 4.79 Å². The molecule has 5 heteroatoms. The molecule has 3 rings (SSSR count). The molecular weight excluding hydrogens is 301 g/mol. The summed E-state index contributed by atoms with van der Waals surface area (Å²) in [6, 6.07) is 7.80. The van der Waals surface area contributed by atoms with Crippen molar-refractivity contribution in [1.29, 1.82) is 0 Å². The number of aromatic amines is 1. The molecule has 0 bridgehead atoms. The Labute approximate surface area is 110 Å². The fraction of sp³-hybridized carbons (Fsp3) is 0. The van der Waals surface area contributed by atoms with Crippen LogP contribution in [0.1, 0.15) is 16.1 Å². The van der Waals surface area contributed by atoms with Crippen LogP contribution in [0, 0.1) is 5.82 Å². The zero-order valence-corrected chi connectivity index (χ0v) is 10.6. The number of carbonyl (C=O) groups is 1. The second-order valence-corrected chi connectivity index (χ2v) is 4.58. The second kappa shape index (κ2) is 4.10. The van der Waals surface area contributed by atoms with Crippen molar-refractivity contribution in [3.63, 3.8) is 0 Å². The van der Waals surface area contributed by atoms with Gasteiger partial charge in [-0.1, -0.05) is 6.07 Å². The Kier molecular flexibility index (Phi) is 2.56. The summed E-state index contributed by atoms with van der Waals surface area (Å²) in [5, 5.41) is 0.287. The summed E-state index contributed by atoms with van der Waals surface area (Å²) >= 11 is 3.13. The van der Waals surface area contributed by atoms with Gasteiger partial charge >= 0.3 is 0 Å². The molecule has 3 aromatic rings. The zero-order valence-electron chi connectivity index (χ0n) is 9.04. The highest BCUT2D eigenvalue weighted by Crippen LogP contribution is 2.25. The fourth-order valence-electron chi connectivity index (χ4n) is 1.89. The SMILES string of the molecule is O=C(c1ccc(Br)o1)c1c[nH]c2cccc(F)c12. The molecule has 0 aliphatic heterocycles. The van der Waals surface area contributed by atoms with E-state index >= 15 is 0 Å². The van der Waals surface area contributed by atoms with Crippen LogP contribution in [0.5, 0.6) is 0 Å². The summed E-state index contributed by atoms with van der Waals surface area (Å²) in [4.78, 5) is 15.1. The van der Waals surface area contributed by atoms with Crippen LogP contribution in [-0.2, 0) is 0 Å². The molecule has 0 amide bonds. The highest BCUT2D eigenvalue weighted by molar-refractivity contribution is 9.10. The highest BCUT2D eigenvalue weighted by atomic mass is 79.9. The molecule has 2 aromatic heterocycles. The number of carbonyl (C=O) groups excluding carboxylic acids is 1. The first kappa shape index (κ1) is 11.2. The third-order valence-electron chi connectivity index (χ3n) is 2.70. The standard InChI is InChI=1S/C13H7BrFNO2/c14-11-5-4-10(18-11)13(17)7-6-16-9-3-1-2-8(15)12(7)9/h1-6,16H. The molecular formula is C13H7BrFNO2. The summed E-state index contributed by atoms with van der Waals surface area (Å²) in [7, 11) is 0. The Bertz CT molecular complexity index is 744. The van der Waals surface area contributed by atoms with Gasteiger partial charge in [0.25, 0.3) is 0 Å². The maximum absolute atomic E-state index is 13.7. The molecule has 18 heavy (non-hydrogen) atoms. The smallest absolute Gasteiger partial charge is 0.230 e. The summed E-state index contributed by atoms with van der Waals surface area (Å²) < 4.78 is 19.4. The Balaban J connectivity index is 2.18. The number of ketones is 1. The van der Waals surface area contributed by atoms with Gasteiger partial charge in [0.2, 0.25) is 5.78 Å². The molecule has 90 valence electrons. The average molecular weight is 308 g/mol. The number of hydrogen-bond acceptors (Lipinski definition) is 2. The van der Waals surface area contributed by atoms with E-state index in [0.29, 0.717) is 10.2 Å². The summed E-state index contributed by atoms with van der Waals surface area (Å²) in [5.74, 6) is -0.606. The molecule has 0 atom stereocenters. The van der Waals surface area contributed by atoms with E-state index in [9.17, 15) is 9.18 Å². The lowest BCUT2D eigenvalue weighted by Crippen LogP contribution is -1.99. The molecule has 0 aliphatic rings. The van der Waals surface area contributed by atoms with Gasteiger partial charge in [0.1, 0.15) is 5.82 Å². The number of benzene rings is 1. The molecule has 0 fully saturated rings. The van der Waals surface area contributed by atoms with Crippen molar-refractivity contribution < 1.29 is 13.6 Å². The molecule has 0 radical (unpaired) electrons. The first-order chi connectivity index (χ1) is 8.66. The van der Waals surface area contributed by atoms with Crippen molar-refractivity contribution >= 4 is 32.6 Å². The van der Waals surface area contributed by atoms with Crippen LogP contribution in [-0.4, -0.2) is 10.8 Å². The lowest BCUT2D eigenvalue weighted by atomic mass is 10.1. The lowest BCUT2D eigenvalue weighted by molar-refractivity contribution is 0.101. The molecule has 0 spiro atoms.